The van der Waals surface area contributed by atoms with E-state index >= 15 is 0 Å². The SMILES string of the molecule is COCc1nc(N2CCCN(C(=O)c3ccccc3Cl)CC2)c2c(C)nn(-c3ccc(C)cc3)c2n1. The van der Waals surface area contributed by atoms with Crippen LogP contribution < -0.4 is 4.90 Å². The predicted molar refractivity (Wildman–Crippen MR) is 141 cm³/mol. The Labute approximate surface area is 215 Å². The van der Waals surface area contributed by atoms with E-state index in [0.717, 1.165) is 41.2 Å². The normalized spacial score (nSPS) is 14.3. The van der Waals surface area contributed by atoms with Crippen LogP contribution in [0, 0.1) is 13.8 Å². The Kier molecular flexibility index (Phi) is 6.89. The number of fused-ring (bicyclic) bond motifs is 1. The van der Waals surface area contributed by atoms with Crippen LogP contribution in [0.5, 0.6) is 0 Å². The van der Waals surface area contributed by atoms with Crippen LogP contribution in [0.3, 0.4) is 0 Å². The topological polar surface area (TPSA) is 76.4 Å². The van der Waals surface area contributed by atoms with Crippen molar-refractivity contribution in [2.45, 2.75) is 26.9 Å². The number of ether oxygens (including phenoxy) is 1. The lowest BCUT2D eigenvalue weighted by molar-refractivity contribution is 0.0767. The van der Waals surface area contributed by atoms with Gasteiger partial charge in [-0.15, -0.1) is 0 Å². The van der Waals surface area contributed by atoms with Crippen LogP contribution in [0.1, 0.15) is 33.9 Å². The van der Waals surface area contributed by atoms with Gasteiger partial charge in [0.15, 0.2) is 11.5 Å². The monoisotopic (exact) mass is 504 g/mol. The molecule has 0 atom stereocenters. The molecule has 1 saturated heterocycles. The minimum atomic E-state index is -0.0428. The maximum atomic E-state index is 13.2. The molecule has 0 radical (unpaired) electrons. The summed E-state index contributed by atoms with van der Waals surface area (Å²) in [6.45, 7) is 6.98. The van der Waals surface area contributed by atoms with Gasteiger partial charge in [-0.1, -0.05) is 41.4 Å². The number of carbonyl (C=O) groups excluding carboxylic acids is 1. The van der Waals surface area contributed by atoms with Crippen molar-refractivity contribution in [2.75, 3.05) is 38.2 Å². The summed E-state index contributed by atoms with van der Waals surface area (Å²) in [5.74, 6) is 1.38. The highest BCUT2D eigenvalue weighted by atomic mass is 35.5. The third kappa shape index (κ3) is 4.66. The van der Waals surface area contributed by atoms with Gasteiger partial charge in [-0.3, -0.25) is 4.79 Å². The van der Waals surface area contributed by atoms with Gasteiger partial charge in [0.1, 0.15) is 12.4 Å². The molecule has 3 heterocycles. The molecule has 9 heteroatoms. The minimum absolute atomic E-state index is 0.0428. The quantitative estimate of drug-likeness (QED) is 0.396. The first-order valence-corrected chi connectivity index (χ1v) is 12.4. The Morgan fingerprint density at radius 1 is 1.00 bits per heavy atom. The second-order valence-electron chi connectivity index (χ2n) is 9.04. The van der Waals surface area contributed by atoms with Gasteiger partial charge in [-0.05, 0) is 44.5 Å². The van der Waals surface area contributed by atoms with Gasteiger partial charge in [0, 0.05) is 33.3 Å². The zero-order chi connectivity index (χ0) is 25.2. The molecule has 8 nitrogen and oxygen atoms in total. The lowest BCUT2D eigenvalue weighted by Crippen LogP contribution is -2.35. The van der Waals surface area contributed by atoms with Crippen molar-refractivity contribution in [2.24, 2.45) is 0 Å². The van der Waals surface area contributed by atoms with E-state index in [4.69, 9.17) is 31.4 Å². The highest BCUT2D eigenvalue weighted by Gasteiger charge is 2.26. The summed E-state index contributed by atoms with van der Waals surface area (Å²) < 4.78 is 7.26. The molecule has 2 aromatic carbocycles. The number of aromatic nitrogens is 4. The number of benzene rings is 2. The van der Waals surface area contributed by atoms with E-state index in [0.29, 0.717) is 42.7 Å². The number of nitrogens with zero attached hydrogens (tertiary/aromatic N) is 6. The molecule has 4 aromatic rings. The van der Waals surface area contributed by atoms with Crippen LogP contribution in [0.2, 0.25) is 5.02 Å². The number of aryl methyl sites for hydroxylation is 2. The Morgan fingerprint density at radius 2 is 1.78 bits per heavy atom. The first-order valence-electron chi connectivity index (χ1n) is 12.1. The van der Waals surface area contributed by atoms with Gasteiger partial charge >= 0.3 is 0 Å². The van der Waals surface area contributed by atoms with E-state index in [1.807, 2.05) is 40.8 Å². The number of amides is 1. The van der Waals surface area contributed by atoms with Gasteiger partial charge in [0.05, 0.1) is 27.4 Å². The molecule has 1 fully saturated rings. The van der Waals surface area contributed by atoms with Gasteiger partial charge in [-0.25, -0.2) is 14.6 Å². The standard InChI is InChI=1S/C27H29ClN6O2/c1-18-9-11-20(12-10-18)34-26-24(19(2)31-34)25(29-23(30-26)17-36-3)32-13-6-14-33(16-15-32)27(35)21-7-4-5-8-22(21)28/h4-5,7-12H,6,13-17H2,1-3H3. The number of methoxy groups -OCH3 is 1. The van der Waals surface area contributed by atoms with E-state index < -0.39 is 0 Å². The molecule has 0 spiro atoms. The van der Waals surface area contributed by atoms with Crippen molar-refractivity contribution in [3.8, 4) is 5.69 Å². The van der Waals surface area contributed by atoms with E-state index in [-0.39, 0.29) is 5.91 Å². The van der Waals surface area contributed by atoms with Crippen LogP contribution in [-0.2, 0) is 11.3 Å². The van der Waals surface area contributed by atoms with Gasteiger partial charge < -0.3 is 14.5 Å². The van der Waals surface area contributed by atoms with E-state index in [2.05, 4.69) is 24.0 Å². The summed E-state index contributed by atoms with van der Waals surface area (Å²) in [5, 5.41) is 6.22. The zero-order valence-electron chi connectivity index (χ0n) is 20.7. The molecule has 36 heavy (non-hydrogen) atoms. The third-order valence-corrected chi connectivity index (χ3v) is 6.80. The molecule has 186 valence electrons. The van der Waals surface area contributed by atoms with Crippen LogP contribution in [0.15, 0.2) is 48.5 Å². The Morgan fingerprint density at radius 3 is 2.53 bits per heavy atom. The summed E-state index contributed by atoms with van der Waals surface area (Å²) in [4.78, 5) is 27.0. The fourth-order valence-electron chi connectivity index (χ4n) is 4.63. The Balaban J connectivity index is 1.50. The van der Waals surface area contributed by atoms with Crippen molar-refractivity contribution in [3.05, 3.63) is 76.2 Å². The summed E-state index contributed by atoms with van der Waals surface area (Å²) in [6.07, 6.45) is 0.812. The minimum Gasteiger partial charge on any atom is -0.377 e. The van der Waals surface area contributed by atoms with Crippen molar-refractivity contribution in [3.63, 3.8) is 0 Å². The summed E-state index contributed by atoms with van der Waals surface area (Å²) >= 11 is 6.30. The van der Waals surface area contributed by atoms with Gasteiger partial charge in [0.2, 0.25) is 0 Å². The highest BCUT2D eigenvalue weighted by molar-refractivity contribution is 6.33. The van der Waals surface area contributed by atoms with Gasteiger partial charge in [0.25, 0.3) is 5.91 Å². The number of hydrogen-bond donors (Lipinski definition) is 0. The first kappa shape index (κ1) is 24.2. The van der Waals surface area contributed by atoms with E-state index in [9.17, 15) is 4.79 Å². The summed E-state index contributed by atoms with van der Waals surface area (Å²) in [5.41, 5.74) is 4.27. The fourth-order valence-corrected chi connectivity index (χ4v) is 4.85. The highest BCUT2D eigenvalue weighted by Crippen LogP contribution is 2.30. The molecule has 2 aromatic heterocycles. The van der Waals surface area contributed by atoms with Crippen LogP contribution in [0.4, 0.5) is 5.82 Å². The number of hydrogen-bond acceptors (Lipinski definition) is 6. The number of rotatable bonds is 5. The Hall–Kier alpha value is -3.49. The smallest absolute Gasteiger partial charge is 0.255 e. The van der Waals surface area contributed by atoms with Crippen molar-refractivity contribution >= 4 is 34.4 Å². The second-order valence-corrected chi connectivity index (χ2v) is 9.45. The van der Waals surface area contributed by atoms with E-state index in [1.54, 1.807) is 19.2 Å². The molecular formula is C27H29ClN6O2. The summed E-state index contributed by atoms with van der Waals surface area (Å²) in [6, 6.07) is 15.4. The Bertz CT molecular complexity index is 1400. The molecule has 5 rings (SSSR count). The molecule has 1 aliphatic heterocycles. The average molecular weight is 505 g/mol. The molecule has 0 aliphatic carbocycles. The first-order chi connectivity index (χ1) is 17.5. The predicted octanol–water partition coefficient (Wildman–Crippen LogP) is 4.58. The molecule has 1 aliphatic rings. The van der Waals surface area contributed by atoms with Crippen molar-refractivity contribution in [1.82, 2.24) is 24.6 Å². The number of anilines is 1. The zero-order valence-corrected chi connectivity index (χ0v) is 21.5. The van der Waals surface area contributed by atoms with E-state index in [1.165, 1.54) is 5.56 Å². The summed E-state index contributed by atoms with van der Waals surface area (Å²) in [7, 11) is 1.64. The van der Waals surface area contributed by atoms with Crippen LogP contribution in [-0.4, -0.2) is 63.8 Å². The molecule has 0 bridgehead atoms. The molecule has 0 unspecified atom stereocenters. The number of halogens is 1. The van der Waals surface area contributed by atoms with Crippen molar-refractivity contribution < 1.29 is 9.53 Å². The van der Waals surface area contributed by atoms with Crippen LogP contribution in [0.25, 0.3) is 16.7 Å². The fraction of sp³-hybridized carbons (Fsp3) is 0.333. The van der Waals surface area contributed by atoms with Crippen molar-refractivity contribution in [1.29, 1.82) is 0 Å². The molecule has 0 saturated carbocycles. The molecule has 0 N–H and O–H groups in total. The lowest BCUT2D eigenvalue weighted by atomic mass is 10.2. The maximum Gasteiger partial charge on any atom is 0.255 e. The second kappa shape index (κ2) is 10.2. The maximum absolute atomic E-state index is 13.2. The largest absolute Gasteiger partial charge is 0.377 e. The number of carbonyl (C=O) groups is 1. The average Bonchev–Trinajstić information content (AvgIpc) is 3.04. The van der Waals surface area contributed by atoms with Crippen LogP contribution >= 0.6 is 11.6 Å². The molecular weight excluding hydrogens is 476 g/mol. The molecule has 1 amide bonds. The lowest BCUT2D eigenvalue weighted by Gasteiger charge is -2.24. The third-order valence-electron chi connectivity index (χ3n) is 6.47. The van der Waals surface area contributed by atoms with Gasteiger partial charge in [-0.2, -0.15) is 5.10 Å².